The van der Waals surface area contributed by atoms with E-state index in [0.29, 0.717) is 12.8 Å². The van der Waals surface area contributed by atoms with Crippen molar-refractivity contribution in [3.8, 4) is 0 Å². The fourth-order valence-corrected chi connectivity index (χ4v) is 8.46. The molecule has 1 saturated heterocycles. The van der Waals surface area contributed by atoms with Crippen LogP contribution in [0.4, 0.5) is 0 Å². The van der Waals surface area contributed by atoms with Gasteiger partial charge in [0, 0.05) is 6.42 Å². The minimum atomic E-state index is -1.56. The maximum atomic E-state index is 13.1. The number of unbranched alkanes of at least 4 members (excludes halogenated alkanes) is 24. The van der Waals surface area contributed by atoms with Crippen LogP contribution < -0.4 is 5.32 Å². The molecule has 1 aliphatic rings. The third-order valence-corrected chi connectivity index (χ3v) is 12.8. The second kappa shape index (κ2) is 47.3. The summed E-state index contributed by atoms with van der Waals surface area (Å²) in [6.07, 6.45) is 57.7. The summed E-state index contributed by atoms with van der Waals surface area (Å²) in [5.74, 6) is -0.169. The lowest BCUT2D eigenvalue weighted by atomic mass is 9.99. The molecule has 1 rings (SSSR count). The zero-order valence-electron chi connectivity index (χ0n) is 42.9. The van der Waals surface area contributed by atoms with Crippen molar-refractivity contribution in [1.82, 2.24) is 5.32 Å². The van der Waals surface area contributed by atoms with E-state index >= 15 is 0 Å². The number of amides is 1. The lowest BCUT2D eigenvalue weighted by Gasteiger charge is -2.40. The van der Waals surface area contributed by atoms with Crippen LogP contribution >= 0.6 is 0 Å². The van der Waals surface area contributed by atoms with Gasteiger partial charge in [0.15, 0.2) is 6.29 Å². The molecule has 1 fully saturated rings. The van der Waals surface area contributed by atoms with Crippen molar-refractivity contribution in [3.63, 3.8) is 0 Å². The molecule has 1 amide bonds. The van der Waals surface area contributed by atoms with Crippen LogP contribution in [0, 0.1) is 0 Å². The average Bonchev–Trinajstić information content (AvgIpc) is 3.33. The molecule has 1 heterocycles. The molecule has 0 saturated carbocycles. The van der Waals surface area contributed by atoms with E-state index in [-0.39, 0.29) is 12.5 Å². The van der Waals surface area contributed by atoms with Crippen molar-refractivity contribution < 1.29 is 39.8 Å². The summed E-state index contributed by atoms with van der Waals surface area (Å²) in [5, 5.41) is 54.6. The maximum absolute atomic E-state index is 13.1. The molecule has 0 aromatic carbocycles. The number of carbonyl (C=O) groups excluding carboxylic acids is 1. The molecule has 67 heavy (non-hydrogen) atoms. The van der Waals surface area contributed by atoms with E-state index in [1.54, 1.807) is 0 Å². The van der Waals surface area contributed by atoms with Gasteiger partial charge in [-0.25, -0.2) is 0 Å². The van der Waals surface area contributed by atoms with Gasteiger partial charge in [0.1, 0.15) is 24.4 Å². The van der Waals surface area contributed by atoms with Crippen LogP contribution in [0.3, 0.4) is 0 Å². The molecule has 0 spiro atoms. The van der Waals surface area contributed by atoms with E-state index in [1.807, 2.05) is 0 Å². The first-order valence-corrected chi connectivity index (χ1v) is 27.6. The molecule has 0 aliphatic carbocycles. The normalized spacial score (nSPS) is 20.3. The topological polar surface area (TPSA) is 149 Å². The Morgan fingerprint density at radius 2 is 0.925 bits per heavy atom. The second-order valence-electron chi connectivity index (χ2n) is 19.0. The highest BCUT2D eigenvalue weighted by molar-refractivity contribution is 5.76. The van der Waals surface area contributed by atoms with Crippen LogP contribution in [0.2, 0.25) is 0 Å². The summed E-state index contributed by atoms with van der Waals surface area (Å²) < 4.78 is 11.3. The van der Waals surface area contributed by atoms with Crippen LogP contribution in [0.1, 0.15) is 232 Å². The van der Waals surface area contributed by atoms with Gasteiger partial charge in [0.05, 0.1) is 25.4 Å². The second-order valence-corrected chi connectivity index (χ2v) is 19.0. The number of aliphatic hydroxyl groups excluding tert-OH is 5. The lowest BCUT2D eigenvalue weighted by molar-refractivity contribution is -0.302. The summed E-state index contributed by atoms with van der Waals surface area (Å²) in [6.45, 7) is 3.72. The van der Waals surface area contributed by atoms with Crippen molar-refractivity contribution >= 4 is 5.91 Å². The Morgan fingerprint density at radius 1 is 0.522 bits per heavy atom. The van der Waals surface area contributed by atoms with Gasteiger partial charge in [-0.3, -0.25) is 4.79 Å². The Morgan fingerprint density at radius 3 is 1.37 bits per heavy atom. The summed E-state index contributed by atoms with van der Waals surface area (Å²) in [7, 11) is 0. The molecule has 388 valence electrons. The molecule has 0 radical (unpaired) electrons. The third-order valence-electron chi connectivity index (χ3n) is 12.8. The smallest absolute Gasteiger partial charge is 0.220 e. The first-order valence-electron chi connectivity index (χ1n) is 27.6. The highest BCUT2D eigenvalue weighted by atomic mass is 16.7. The lowest BCUT2D eigenvalue weighted by Crippen LogP contribution is -2.60. The molecule has 0 aromatic rings. The molecule has 6 N–H and O–H groups in total. The van der Waals surface area contributed by atoms with Gasteiger partial charge >= 0.3 is 0 Å². The van der Waals surface area contributed by atoms with Crippen LogP contribution in [0.25, 0.3) is 0 Å². The Balaban J connectivity index is 2.27. The Kier molecular flexibility index (Phi) is 44.2. The summed E-state index contributed by atoms with van der Waals surface area (Å²) >= 11 is 0. The average molecular weight is 942 g/mol. The molecule has 0 aromatic heterocycles. The summed E-state index contributed by atoms with van der Waals surface area (Å²) in [5.41, 5.74) is 0. The molecule has 7 unspecified atom stereocenters. The number of hydrogen-bond donors (Lipinski definition) is 6. The number of allylic oxidation sites excluding steroid dienone is 12. The standard InChI is InChI=1S/C58H103NO8/c1-3-5-7-9-11-13-15-17-19-21-23-25-26-28-30-32-34-36-38-40-42-44-46-48-54(62)59-51(50-66-58-57(65)56(64)55(63)53(49-60)67-58)52(61)47-45-43-41-39-37-35-33-31-29-27-24-22-20-18-16-14-12-10-8-6-4-2/h5,7,11,13,17,19,23,25,28,30,34,36,51-53,55-58,60-61,63-65H,3-4,6,8-10,12,14-16,18,20-22,24,26-27,29,31-33,35,37-50H2,1-2H3,(H,59,62)/b7-5-,13-11-,19-17-,25-23-,30-28-,36-34-. The van der Waals surface area contributed by atoms with Gasteiger partial charge in [-0.05, 0) is 64.2 Å². The summed E-state index contributed by atoms with van der Waals surface area (Å²) in [6, 6.07) is -0.738. The van der Waals surface area contributed by atoms with Crippen molar-refractivity contribution in [1.29, 1.82) is 0 Å². The number of hydrogen-bond acceptors (Lipinski definition) is 8. The van der Waals surface area contributed by atoms with E-state index in [0.717, 1.165) is 89.9 Å². The van der Waals surface area contributed by atoms with Gasteiger partial charge < -0.3 is 40.3 Å². The molecular weight excluding hydrogens is 839 g/mol. The number of carbonyl (C=O) groups is 1. The Labute approximate surface area is 410 Å². The molecule has 1 aliphatic heterocycles. The SMILES string of the molecule is CC/C=C\C/C=C\C/C=C\C/C=C\C/C=C\C/C=C\CCCCCCC(=O)NC(COC1OC(CO)C(O)C(O)C1O)C(O)CCCCCCCCCCCCCCCCCCCCCCC. The Bertz CT molecular complexity index is 1280. The minimum Gasteiger partial charge on any atom is -0.394 e. The largest absolute Gasteiger partial charge is 0.394 e. The fourth-order valence-electron chi connectivity index (χ4n) is 8.46. The van der Waals surface area contributed by atoms with Crippen LogP contribution in [0.15, 0.2) is 72.9 Å². The number of nitrogens with one attached hydrogen (secondary N) is 1. The predicted molar refractivity (Wildman–Crippen MR) is 281 cm³/mol. The quantitative estimate of drug-likeness (QED) is 0.0261. The van der Waals surface area contributed by atoms with E-state index in [1.165, 1.54) is 116 Å². The molecular formula is C58H103NO8. The molecule has 9 nitrogen and oxygen atoms in total. The van der Waals surface area contributed by atoms with Crippen molar-refractivity contribution in [3.05, 3.63) is 72.9 Å². The minimum absolute atomic E-state index is 0.152. The van der Waals surface area contributed by atoms with Crippen LogP contribution in [0.5, 0.6) is 0 Å². The van der Waals surface area contributed by atoms with E-state index < -0.39 is 49.5 Å². The fraction of sp³-hybridized carbons (Fsp3) is 0.776. The first kappa shape index (κ1) is 62.6. The number of aliphatic hydroxyl groups is 5. The summed E-state index contributed by atoms with van der Waals surface area (Å²) in [4.78, 5) is 13.1. The van der Waals surface area contributed by atoms with E-state index in [9.17, 15) is 30.3 Å². The highest BCUT2D eigenvalue weighted by Gasteiger charge is 2.44. The number of ether oxygens (including phenoxy) is 2. The third kappa shape index (κ3) is 37.2. The zero-order chi connectivity index (χ0) is 48.7. The molecule has 0 bridgehead atoms. The van der Waals surface area contributed by atoms with Crippen LogP contribution in [-0.4, -0.2) is 87.5 Å². The molecule has 9 heteroatoms. The van der Waals surface area contributed by atoms with Crippen molar-refractivity contribution in [2.75, 3.05) is 13.2 Å². The van der Waals surface area contributed by atoms with Crippen molar-refractivity contribution in [2.24, 2.45) is 0 Å². The van der Waals surface area contributed by atoms with Gasteiger partial charge in [-0.1, -0.05) is 234 Å². The monoisotopic (exact) mass is 942 g/mol. The highest BCUT2D eigenvalue weighted by Crippen LogP contribution is 2.23. The molecule has 7 atom stereocenters. The van der Waals surface area contributed by atoms with Crippen LogP contribution in [-0.2, 0) is 14.3 Å². The van der Waals surface area contributed by atoms with E-state index in [2.05, 4.69) is 92.1 Å². The zero-order valence-corrected chi connectivity index (χ0v) is 42.9. The van der Waals surface area contributed by atoms with Gasteiger partial charge in [-0.15, -0.1) is 0 Å². The predicted octanol–water partition coefficient (Wildman–Crippen LogP) is 13.3. The van der Waals surface area contributed by atoms with Gasteiger partial charge in [0.25, 0.3) is 0 Å². The Hall–Kier alpha value is -2.37. The van der Waals surface area contributed by atoms with Gasteiger partial charge in [-0.2, -0.15) is 0 Å². The van der Waals surface area contributed by atoms with E-state index in [4.69, 9.17) is 9.47 Å². The first-order chi connectivity index (χ1) is 32.8. The number of rotatable bonds is 46. The van der Waals surface area contributed by atoms with Crippen molar-refractivity contribution in [2.45, 2.75) is 275 Å². The maximum Gasteiger partial charge on any atom is 0.220 e. The van der Waals surface area contributed by atoms with Gasteiger partial charge in [0.2, 0.25) is 5.91 Å².